The van der Waals surface area contributed by atoms with Gasteiger partial charge in [-0.1, -0.05) is 0 Å². The summed E-state index contributed by atoms with van der Waals surface area (Å²) in [6, 6.07) is 4.34. The van der Waals surface area contributed by atoms with Gasteiger partial charge in [-0.2, -0.15) is 0 Å². The van der Waals surface area contributed by atoms with E-state index in [0.717, 1.165) is 38.2 Å². The number of nitrogen functional groups attached to an aromatic ring is 1. The van der Waals surface area contributed by atoms with Crippen LogP contribution in [0.15, 0.2) is 18.3 Å². The van der Waals surface area contributed by atoms with E-state index in [4.69, 9.17) is 5.73 Å². The number of hydrogen-bond donors (Lipinski definition) is 1. The van der Waals surface area contributed by atoms with Gasteiger partial charge >= 0.3 is 0 Å². The minimum atomic E-state index is -0.00456. The van der Waals surface area contributed by atoms with Gasteiger partial charge in [0.1, 0.15) is 5.82 Å². The third-order valence-corrected chi connectivity index (χ3v) is 4.03. The van der Waals surface area contributed by atoms with Gasteiger partial charge in [0.15, 0.2) is 0 Å². The van der Waals surface area contributed by atoms with Gasteiger partial charge in [-0.3, -0.25) is 0 Å². The molecule has 0 aliphatic carbocycles. The Hall–Kier alpha value is -1.33. The number of rotatable bonds is 1. The van der Waals surface area contributed by atoms with Crippen molar-refractivity contribution in [3.05, 3.63) is 23.5 Å². The first-order chi connectivity index (χ1) is 8.16. The number of quaternary nitrogens is 1. The summed E-state index contributed by atoms with van der Waals surface area (Å²) in [5.74, 6) is 0.545. The molecular weight excluding hydrogens is 216 g/mol. The molecule has 0 saturated carbocycles. The van der Waals surface area contributed by atoms with E-state index in [1.807, 2.05) is 18.3 Å². The largest absolute Gasteiger partial charge is 0.633 e. The first-order valence-electron chi connectivity index (χ1n) is 6.22. The molecule has 3 aliphatic heterocycles. The van der Waals surface area contributed by atoms with Crippen LogP contribution in [0, 0.1) is 5.21 Å². The molecule has 92 valence electrons. The standard InChI is InChI=1S/C12H18N4O/c13-12-2-1-11(9-14-12)15-5-8-16(17)6-3-10(15)4-7-16/h1-2,9-10H,3-8H2,(H2,13,14). The van der Waals surface area contributed by atoms with Crippen LogP contribution in [-0.4, -0.2) is 41.9 Å². The number of nitrogens with two attached hydrogens (primary N) is 1. The Morgan fingerprint density at radius 3 is 2.71 bits per heavy atom. The van der Waals surface area contributed by atoms with Gasteiger partial charge < -0.3 is 20.5 Å². The van der Waals surface area contributed by atoms with Crippen LogP contribution in [0.3, 0.4) is 0 Å². The van der Waals surface area contributed by atoms with Crippen molar-refractivity contribution >= 4 is 11.5 Å². The fraction of sp³-hybridized carbons (Fsp3) is 0.583. The van der Waals surface area contributed by atoms with Gasteiger partial charge in [0, 0.05) is 18.9 Å². The van der Waals surface area contributed by atoms with E-state index in [-0.39, 0.29) is 4.65 Å². The van der Waals surface area contributed by atoms with Crippen molar-refractivity contribution in [3.63, 3.8) is 0 Å². The van der Waals surface area contributed by atoms with Crippen LogP contribution in [0.4, 0.5) is 11.5 Å². The molecule has 0 amide bonds. The lowest BCUT2D eigenvalue weighted by atomic mass is 10.0. The van der Waals surface area contributed by atoms with Crippen molar-refractivity contribution < 1.29 is 4.65 Å². The molecule has 1 aromatic rings. The van der Waals surface area contributed by atoms with Crippen LogP contribution < -0.4 is 10.6 Å². The van der Waals surface area contributed by atoms with Crippen LogP contribution in [0.2, 0.25) is 0 Å². The van der Waals surface area contributed by atoms with E-state index in [1.165, 1.54) is 0 Å². The summed E-state index contributed by atoms with van der Waals surface area (Å²) in [4.78, 5) is 6.47. The number of nitrogens with zero attached hydrogens (tertiary/aromatic N) is 3. The third kappa shape index (κ3) is 1.96. The Balaban J connectivity index is 1.86. The molecule has 3 fully saturated rings. The maximum absolute atomic E-state index is 12.3. The summed E-state index contributed by atoms with van der Waals surface area (Å²) < 4.78 is -0.00456. The summed E-state index contributed by atoms with van der Waals surface area (Å²) in [5, 5.41) is 12.3. The predicted octanol–water partition coefficient (Wildman–Crippen LogP) is 0.961. The number of fused-ring (bicyclic) bond motifs is 4. The Kier molecular flexibility index (Phi) is 2.45. The summed E-state index contributed by atoms with van der Waals surface area (Å²) in [6.45, 7) is 3.06. The van der Waals surface area contributed by atoms with E-state index in [0.29, 0.717) is 18.4 Å². The predicted molar refractivity (Wildman–Crippen MR) is 67.2 cm³/mol. The van der Waals surface area contributed by atoms with E-state index in [2.05, 4.69) is 9.88 Å². The quantitative estimate of drug-likeness (QED) is 0.580. The molecule has 5 nitrogen and oxygen atoms in total. The molecule has 3 aliphatic rings. The topological polar surface area (TPSA) is 65.2 Å². The first-order valence-corrected chi connectivity index (χ1v) is 6.22. The van der Waals surface area contributed by atoms with Crippen LogP contribution in [0.1, 0.15) is 12.8 Å². The summed E-state index contributed by atoms with van der Waals surface area (Å²) >= 11 is 0. The zero-order valence-electron chi connectivity index (χ0n) is 9.88. The van der Waals surface area contributed by atoms with Crippen LogP contribution >= 0.6 is 0 Å². The Morgan fingerprint density at radius 1 is 1.29 bits per heavy atom. The molecule has 1 aromatic heterocycles. The number of pyridine rings is 1. The summed E-state index contributed by atoms with van der Waals surface area (Å²) in [6.07, 6.45) is 3.81. The number of hydroxylamine groups is 3. The molecule has 0 atom stereocenters. The van der Waals surface area contributed by atoms with Crippen LogP contribution in [-0.2, 0) is 0 Å². The zero-order chi connectivity index (χ0) is 11.9. The number of anilines is 2. The molecule has 3 saturated heterocycles. The smallest absolute Gasteiger partial charge is 0.123 e. The lowest BCUT2D eigenvalue weighted by molar-refractivity contribution is -0.881. The van der Waals surface area contributed by atoms with Crippen molar-refractivity contribution in [2.24, 2.45) is 0 Å². The van der Waals surface area contributed by atoms with E-state index >= 15 is 0 Å². The van der Waals surface area contributed by atoms with Crippen molar-refractivity contribution in [1.29, 1.82) is 0 Å². The first kappa shape index (κ1) is 10.8. The van der Waals surface area contributed by atoms with Gasteiger partial charge in [0.05, 0.1) is 38.1 Å². The minimum absolute atomic E-state index is 0.00456. The lowest BCUT2D eigenvalue weighted by Gasteiger charge is -2.44. The fourth-order valence-corrected chi connectivity index (χ4v) is 2.94. The van der Waals surface area contributed by atoms with Crippen molar-refractivity contribution in [2.45, 2.75) is 18.9 Å². The SMILES string of the molecule is Nc1ccc(N2CC[N+]3([O-])CCC2CC3)cn1. The molecule has 0 aromatic carbocycles. The number of piperidine rings is 1. The second kappa shape index (κ2) is 3.85. The average Bonchev–Trinajstić information content (AvgIpc) is 2.59. The van der Waals surface area contributed by atoms with Crippen molar-refractivity contribution in [3.8, 4) is 0 Å². The summed E-state index contributed by atoms with van der Waals surface area (Å²) in [7, 11) is 0. The molecule has 2 bridgehead atoms. The average molecular weight is 234 g/mol. The highest BCUT2D eigenvalue weighted by Crippen LogP contribution is 2.29. The highest BCUT2D eigenvalue weighted by molar-refractivity contribution is 5.49. The third-order valence-electron chi connectivity index (χ3n) is 4.03. The van der Waals surface area contributed by atoms with Crippen LogP contribution in [0.25, 0.3) is 0 Å². The molecule has 0 unspecified atom stereocenters. The normalized spacial score (nSPS) is 32.5. The Bertz CT molecular complexity index is 397. The molecule has 4 heterocycles. The van der Waals surface area contributed by atoms with Gasteiger partial charge in [-0.05, 0) is 12.1 Å². The fourth-order valence-electron chi connectivity index (χ4n) is 2.94. The Labute approximate surface area is 101 Å². The molecular formula is C12H18N4O. The van der Waals surface area contributed by atoms with E-state index in [9.17, 15) is 5.21 Å². The molecule has 5 heteroatoms. The maximum Gasteiger partial charge on any atom is 0.123 e. The highest BCUT2D eigenvalue weighted by Gasteiger charge is 2.35. The number of hydrogen-bond acceptors (Lipinski definition) is 4. The van der Waals surface area contributed by atoms with Crippen molar-refractivity contribution in [1.82, 2.24) is 4.98 Å². The Morgan fingerprint density at radius 2 is 2.06 bits per heavy atom. The van der Waals surface area contributed by atoms with Gasteiger partial charge in [0.2, 0.25) is 0 Å². The minimum Gasteiger partial charge on any atom is -0.633 e. The molecule has 0 radical (unpaired) electrons. The van der Waals surface area contributed by atoms with E-state index < -0.39 is 0 Å². The molecule has 4 rings (SSSR count). The molecule has 2 N–H and O–H groups in total. The summed E-state index contributed by atoms with van der Waals surface area (Å²) in [5.41, 5.74) is 6.70. The highest BCUT2D eigenvalue weighted by atomic mass is 16.5. The van der Waals surface area contributed by atoms with Gasteiger partial charge in [-0.25, -0.2) is 4.98 Å². The monoisotopic (exact) mass is 234 g/mol. The van der Waals surface area contributed by atoms with Crippen LogP contribution in [0.5, 0.6) is 0 Å². The van der Waals surface area contributed by atoms with Gasteiger partial charge in [0.25, 0.3) is 0 Å². The second-order valence-electron chi connectivity index (χ2n) is 5.09. The zero-order valence-corrected chi connectivity index (χ0v) is 9.88. The van der Waals surface area contributed by atoms with Crippen molar-refractivity contribution in [2.75, 3.05) is 36.8 Å². The lowest BCUT2D eigenvalue weighted by Crippen LogP contribution is -2.47. The van der Waals surface area contributed by atoms with Gasteiger partial charge in [-0.15, -0.1) is 0 Å². The molecule has 0 spiro atoms. The number of aromatic nitrogens is 1. The molecule has 17 heavy (non-hydrogen) atoms. The maximum atomic E-state index is 12.3. The van der Waals surface area contributed by atoms with E-state index in [1.54, 1.807) is 0 Å². The second-order valence-corrected chi connectivity index (χ2v) is 5.09.